The van der Waals surface area contributed by atoms with Gasteiger partial charge >= 0.3 is 130 Å². The van der Waals surface area contributed by atoms with Crippen LogP contribution in [0.2, 0.25) is 0 Å². The van der Waals surface area contributed by atoms with Crippen molar-refractivity contribution in [2.24, 2.45) is 0 Å². The number of sulfonamides is 4. The van der Waals surface area contributed by atoms with Gasteiger partial charge in [-0.05, 0) is 218 Å². The number of halogens is 1. The smallest absolute Gasteiger partial charge is 0.744 e. The van der Waals surface area contributed by atoms with Gasteiger partial charge in [0, 0.05) is 46.6 Å². The summed E-state index contributed by atoms with van der Waals surface area (Å²) in [6, 6.07) is 57.7. The molecule has 0 saturated carbocycles. The van der Waals surface area contributed by atoms with Gasteiger partial charge in [0.1, 0.15) is 20.2 Å². The van der Waals surface area contributed by atoms with Gasteiger partial charge in [0.05, 0.1) is 76.2 Å². The number of amides is 4. The van der Waals surface area contributed by atoms with Gasteiger partial charge in [-0.25, -0.2) is 60.1 Å². The summed E-state index contributed by atoms with van der Waals surface area (Å²) in [6.07, 6.45) is 0. The monoisotopic (exact) mass is 1820 g/mol. The molecule has 12 aromatic rings. The van der Waals surface area contributed by atoms with Crippen LogP contribution in [0.15, 0.2) is 282 Å². The molecule has 6 N–H and O–H groups in total. The molecule has 0 spiro atoms. The van der Waals surface area contributed by atoms with Crippen LogP contribution in [0, 0.1) is 0 Å². The van der Waals surface area contributed by atoms with E-state index in [-0.39, 0.29) is 155 Å². The molecule has 0 aromatic heterocycles. The zero-order valence-corrected chi connectivity index (χ0v) is 76.3. The SMILES string of the molecule is CI.CN(c1cccc(SOO[O-])c1)S(=O)(=O)c1ccc2ccc(NC(=O)Nc3ccc4ccc(S(=O)(=O)N(C)c5cccc(S(=O)(=O)[O-])c5)cc4c3)cc2c1.O=C(Nc1ccc2ccc(S(=O)(=O)Nc3cccc(SOO[O-])c3)cc2c1)Nc1ccc2ccc(S(=O)(=O)Nc3cccc(S(=O)(=O)[O-])c3)cc2c1.[Na+].[Na+].[Na+].[Na+]. The van der Waals surface area contributed by atoms with Crippen molar-refractivity contribution in [1.82, 2.24) is 0 Å². The third-order valence-corrected chi connectivity index (χ3v) is 24.8. The number of rotatable bonds is 24. The second-order valence-corrected chi connectivity index (χ2v) is 34.2. The zero-order valence-electron chi connectivity index (χ0n) is 59.6. The van der Waals surface area contributed by atoms with E-state index in [4.69, 9.17) is 0 Å². The first-order valence-corrected chi connectivity index (χ1v) is 42.9. The van der Waals surface area contributed by atoms with E-state index in [1.807, 2.05) is 4.93 Å². The van der Waals surface area contributed by atoms with Crippen LogP contribution in [0.4, 0.5) is 55.1 Å². The predicted octanol–water partition coefficient (Wildman–Crippen LogP) is -0.138. The fourth-order valence-electron chi connectivity index (χ4n) is 10.5. The fourth-order valence-corrected chi connectivity index (χ4v) is 16.9. The van der Waals surface area contributed by atoms with Gasteiger partial charge in [-0.15, -0.1) is 0 Å². The number of nitrogens with one attached hydrogen (secondary N) is 6. The van der Waals surface area contributed by atoms with E-state index >= 15 is 0 Å². The summed E-state index contributed by atoms with van der Waals surface area (Å²) in [7, 11) is -23.5. The first kappa shape index (κ1) is 95.1. The van der Waals surface area contributed by atoms with Crippen molar-refractivity contribution in [3.8, 4) is 0 Å². The molecule has 12 aromatic carbocycles. The van der Waals surface area contributed by atoms with Crippen molar-refractivity contribution in [3.05, 3.63) is 243 Å². The van der Waals surface area contributed by atoms with Crippen molar-refractivity contribution < 1.29 is 217 Å². The van der Waals surface area contributed by atoms with Crippen LogP contribution in [0.1, 0.15) is 0 Å². The number of anilines is 8. The van der Waals surface area contributed by atoms with Gasteiger partial charge in [0.15, 0.2) is 0 Å². The van der Waals surface area contributed by atoms with Crippen molar-refractivity contribution >= 4 is 208 Å². The standard InChI is InChI=1S/C35H30N4O11S4.C33H26N4O11S4.CH3I.4Na/c1-38(29-5-3-7-31(21-29)51-50-49-41)52(42,43)32-15-11-23-9-13-27(17-25(23)19-32)36-35(40)37-28-14-10-24-12-16-33(20-26(24)18-28)53(44,45)39(2)30-6-4-8-34(22-30)54(46,47)48;38-33(34-25-11-7-21-9-13-30(17-23(21)15-25)50(40,41)36-27-3-1-5-29(19-27)49-48-47-39)35-26-12-8-22-10-14-31(18-24(22)16-26)51(42,43)37-28-4-2-6-32(20-28)52(44,45)46;1-2;;;;/h3-22,41H,1-2H3,(H2,36,37,40)(H,46,47,48);1-20,36-37,39H,(H2,34,35,38)(H,44,45,46);1H3;;;;/q;;;4*+1/p-4. The third-order valence-electron chi connectivity index (χ3n) is 15.6. The summed E-state index contributed by atoms with van der Waals surface area (Å²) < 4.78 is 190. The Balaban J connectivity index is 0.000000330. The average Bonchev–Trinajstić information content (AvgIpc) is 0.787. The molecule has 0 unspecified atom stereocenters. The Bertz CT molecular complexity index is 6200. The number of benzene rings is 12. The molecule has 562 valence electrons. The van der Waals surface area contributed by atoms with E-state index < -0.39 is 82.2 Å². The Morgan fingerprint density at radius 2 is 0.625 bits per heavy atom. The van der Waals surface area contributed by atoms with E-state index in [2.05, 4.69) is 72.0 Å². The summed E-state index contributed by atoms with van der Waals surface area (Å²) in [4.78, 5) is 27.4. The van der Waals surface area contributed by atoms with E-state index in [1.54, 1.807) is 127 Å². The van der Waals surface area contributed by atoms with Crippen molar-refractivity contribution in [1.29, 1.82) is 0 Å². The first-order chi connectivity index (χ1) is 51.2. The Labute approximate surface area is 754 Å². The number of alkyl halides is 1. The predicted molar refractivity (Wildman–Crippen MR) is 412 cm³/mol. The Morgan fingerprint density at radius 1 is 0.330 bits per heavy atom. The van der Waals surface area contributed by atoms with Crippen molar-refractivity contribution in [2.75, 3.05) is 58.3 Å². The van der Waals surface area contributed by atoms with Crippen molar-refractivity contribution in [3.63, 3.8) is 0 Å². The molecule has 0 atom stereocenters. The molecular weight excluding hydrogens is 1770 g/mol. The quantitative estimate of drug-likeness (QED) is 0.00872. The fraction of sp³-hybridized carbons (Fsp3) is 0.0435. The molecule has 0 aliphatic heterocycles. The van der Waals surface area contributed by atoms with E-state index in [9.17, 15) is 79.7 Å². The van der Waals surface area contributed by atoms with Gasteiger partial charge in [-0.3, -0.25) is 28.1 Å². The molecule has 0 aliphatic carbocycles. The number of urea groups is 2. The zero-order chi connectivity index (χ0) is 77.9. The molecule has 112 heavy (non-hydrogen) atoms. The molecule has 43 heteroatoms. The van der Waals surface area contributed by atoms with Gasteiger partial charge in [-0.2, -0.15) is 8.67 Å². The number of carbonyl (C=O) groups is 2. The van der Waals surface area contributed by atoms with Crippen LogP contribution in [0.25, 0.3) is 43.1 Å². The average molecular weight is 1820 g/mol. The van der Waals surface area contributed by atoms with Crippen LogP contribution in [0.5, 0.6) is 0 Å². The normalized spacial score (nSPS) is 11.5. The Hall–Kier alpha value is -5.77. The van der Waals surface area contributed by atoms with Crippen LogP contribution in [0.3, 0.4) is 0 Å². The second kappa shape index (κ2) is 41.4. The van der Waals surface area contributed by atoms with Gasteiger partial charge in [-0.1, -0.05) is 95.4 Å². The largest absolute Gasteiger partial charge is 1.00 e. The van der Waals surface area contributed by atoms with Gasteiger partial charge in [0.2, 0.25) is 0 Å². The minimum Gasteiger partial charge on any atom is -0.744 e. The summed E-state index contributed by atoms with van der Waals surface area (Å²) in [5, 5.41) is 42.5. The van der Waals surface area contributed by atoms with Gasteiger partial charge in [0.25, 0.3) is 40.1 Å². The van der Waals surface area contributed by atoms with Crippen LogP contribution in [-0.2, 0) is 79.1 Å². The summed E-state index contributed by atoms with van der Waals surface area (Å²) >= 11 is 3.39. The maximum atomic E-state index is 13.5. The molecule has 4 amide bonds. The van der Waals surface area contributed by atoms with E-state index in [0.29, 0.717) is 105 Å². The molecule has 0 radical (unpaired) electrons. The Kier molecular flexibility index (Phi) is 35.1. The molecule has 0 bridgehead atoms. The van der Waals surface area contributed by atoms with Crippen molar-refractivity contribution in [2.45, 2.75) is 39.2 Å². The molecule has 0 heterocycles. The molecule has 0 fully saturated rings. The van der Waals surface area contributed by atoms with Crippen LogP contribution in [-0.4, -0.2) is 90.7 Å². The molecular formula is C69H55IN8Na4O22S8. The third kappa shape index (κ3) is 24.7. The van der Waals surface area contributed by atoms with Gasteiger partial charge < -0.3 is 40.9 Å². The summed E-state index contributed by atoms with van der Waals surface area (Å²) in [5.41, 5.74) is 1.76. The molecule has 30 nitrogen and oxygen atoms in total. The number of fused-ring (bicyclic) bond motifs is 4. The van der Waals surface area contributed by atoms with Crippen LogP contribution >= 0.6 is 46.7 Å². The molecule has 0 aliphatic rings. The first-order valence-electron chi connectivity index (χ1n) is 30.6. The van der Waals surface area contributed by atoms with E-state index in [1.165, 1.54) is 105 Å². The Morgan fingerprint density at radius 3 is 0.991 bits per heavy atom. The second-order valence-electron chi connectivity index (χ2n) is 22.6. The minimum absolute atomic E-state index is 0. The summed E-state index contributed by atoms with van der Waals surface area (Å²) in [5.74, 6) is 0. The molecule has 0 saturated heterocycles. The maximum absolute atomic E-state index is 13.5. The van der Waals surface area contributed by atoms with E-state index in [0.717, 1.165) is 32.9 Å². The topological polar surface area (TPSA) is 447 Å². The van der Waals surface area contributed by atoms with Crippen LogP contribution < -0.4 is 168 Å². The maximum Gasteiger partial charge on any atom is 1.00 e. The minimum atomic E-state index is -4.81. The summed E-state index contributed by atoms with van der Waals surface area (Å²) in [6.45, 7) is 0. The number of hydrogen-bond donors (Lipinski definition) is 6. The molecule has 12 rings (SSSR count). The number of carbonyl (C=O) groups excluding carboxylic acids is 2. The number of nitrogens with zero attached hydrogens (tertiary/aromatic N) is 2. The number of hydrogen-bond acceptors (Lipinski definition) is 24.